The summed E-state index contributed by atoms with van der Waals surface area (Å²) in [7, 11) is 0. The standard InChI is InChI=1S/C12H13FO2/c1-12(15,9-13)6-5-10-3-2-4-11(7-10)8-14/h2-4,7,14-15H,8-9H2,1H3. The van der Waals surface area contributed by atoms with Crippen molar-refractivity contribution in [1.82, 2.24) is 0 Å². The van der Waals surface area contributed by atoms with E-state index in [2.05, 4.69) is 11.8 Å². The number of rotatable bonds is 2. The molecule has 1 aromatic carbocycles. The summed E-state index contributed by atoms with van der Waals surface area (Å²) < 4.78 is 12.2. The van der Waals surface area contributed by atoms with E-state index in [4.69, 9.17) is 5.11 Å². The molecule has 0 radical (unpaired) electrons. The fourth-order valence-electron chi connectivity index (χ4n) is 0.988. The van der Waals surface area contributed by atoms with E-state index in [0.29, 0.717) is 5.56 Å². The van der Waals surface area contributed by atoms with Gasteiger partial charge in [-0.05, 0) is 24.6 Å². The summed E-state index contributed by atoms with van der Waals surface area (Å²) in [5, 5.41) is 18.2. The Morgan fingerprint density at radius 1 is 1.47 bits per heavy atom. The Balaban J connectivity index is 2.89. The molecule has 80 valence electrons. The van der Waals surface area contributed by atoms with Gasteiger partial charge in [-0.25, -0.2) is 4.39 Å². The lowest BCUT2D eigenvalue weighted by Gasteiger charge is -2.09. The summed E-state index contributed by atoms with van der Waals surface area (Å²) in [4.78, 5) is 0. The van der Waals surface area contributed by atoms with E-state index in [1.54, 1.807) is 24.3 Å². The first-order chi connectivity index (χ1) is 7.07. The third-order valence-corrected chi connectivity index (χ3v) is 1.85. The summed E-state index contributed by atoms with van der Waals surface area (Å²) in [6.45, 7) is 0.352. The zero-order chi connectivity index (χ0) is 11.3. The molecule has 0 saturated heterocycles. The fraction of sp³-hybridized carbons (Fsp3) is 0.333. The van der Waals surface area contributed by atoms with Gasteiger partial charge in [-0.1, -0.05) is 24.0 Å². The minimum atomic E-state index is -1.60. The van der Waals surface area contributed by atoms with Crippen LogP contribution in [0.4, 0.5) is 4.39 Å². The zero-order valence-corrected chi connectivity index (χ0v) is 8.50. The van der Waals surface area contributed by atoms with Crippen molar-refractivity contribution in [3.8, 4) is 11.8 Å². The highest BCUT2D eigenvalue weighted by Gasteiger charge is 2.15. The number of aliphatic hydroxyl groups excluding tert-OH is 1. The van der Waals surface area contributed by atoms with Gasteiger partial charge in [0.1, 0.15) is 6.67 Å². The SMILES string of the molecule is CC(O)(C#Cc1cccc(CO)c1)CF. The first kappa shape index (κ1) is 11.7. The number of alkyl halides is 1. The molecule has 1 aromatic rings. The lowest BCUT2D eigenvalue weighted by Crippen LogP contribution is -2.23. The second kappa shape index (κ2) is 4.92. The van der Waals surface area contributed by atoms with Gasteiger partial charge in [0.15, 0.2) is 5.60 Å². The summed E-state index contributed by atoms with van der Waals surface area (Å²) in [6.07, 6.45) is 0. The highest BCUT2D eigenvalue weighted by Crippen LogP contribution is 2.06. The number of benzene rings is 1. The third kappa shape index (κ3) is 3.70. The molecule has 0 amide bonds. The molecule has 0 fully saturated rings. The summed E-state index contributed by atoms with van der Waals surface area (Å²) in [5.74, 6) is 5.08. The summed E-state index contributed by atoms with van der Waals surface area (Å²) >= 11 is 0. The largest absolute Gasteiger partial charge is 0.392 e. The van der Waals surface area contributed by atoms with Crippen molar-refractivity contribution >= 4 is 0 Å². The van der Waals surface area contributed by atoms with Crippen LogP contribution in [-0.2, 0) is 6.61 Å². The minimum Gasteiger partial charge on any atom is -0.392 e. The fourth-order valence-corrected chi connectivity index (χ4v) is 0.988. The third-order valence-electron chi connectivity index (χ3n) is 1.85. The van der Waals surface area contributed by atoms with Gasteiger partial charge < -0.3 is 10.2 Å². The van der Waals surface area contributed by atoms with Crippen LogP contribution in [0.2, 0.25) is 0 Å². The van der Waals surface area contributed by atoms with Crippen molar-refractivity contribution < 1.29 is 14.6 Å². The number of halogens is 1. The van der Waals surface area contributed by atoms with Crippen molar-refractivity contribution in [3.05, 3.63) is 35.4 Å². The lowest BCUT2D eigenvalue weighted by molar-refractivity contribution is 0.0905. The molecule has 0 bridgehead atoms. The van der Waals surface area contributed by atoms with Gasteiger partial charge in [-0.15, -0.1) is 0 Å². The Kier molecular flexibility index (Phi) is 3.84. The zero-order valence-electron chi connectivity index (χ0n) is 8.50. The minimum absolute atomic E-state index is 0.0605. The molecule has 2 N–H and O–H groups in total. The molecular formula is C12H13FO2. The molecule has 0 heterocycles. The highest BCUT2D eigenvalue weighted by atomic mass is 19.1. The van der Waals surface area contributed by atoms with Crippen molar-refractivity contribution in [2.75, 3.05) is 6.67 Å². The summed E-state index contributed by atoms with van der Waals surface area (Å²) in [5.41, 5.74) is -0.216. The number of hydrogen-bond acceptors (Lipinski definition) is 2. The average molecular weight is 208 g/mol. The number of aliphatic hydroxyl groups is 2. The first-order valence-electron chi connectivity index (χ1n) is 4.59. The Morgan fingerprint density at radius 2 is 2.20 bits per heavy atom. The predicted molar refractivity (Wildman–Crippen MR) is 55.8 cm³/mol. The Morgan fingerprint density at radius 3 is 2.80 bits per heavy atom. The van der Waals surface area contributed by atoms with Crippen LogP contribution in [0.1, 0.15) is 18.1 Å². The Hall–Kier alpha value is -1.37. The second-order valence-corrected chi connectivity index (χ2v) is 3.52. The normalized spacial score (nSPS) is 13.9. The quantitative estimate of drug-likeness (QED) is 0.718. The molecule has 0 aliphatic rings. The molecule has 1 rings (SSSR count). The molecule has 0 saturated carbocycles. The smallest absolute Gasteiger partial charge is 0.151 e. The van der Waals surface area contributed by atoms with Gasteiger partial charge in [0, 0.05) is 5.56 Å². The van der Waals surface area contributed by atoms with E-state index >= 15 is 0 Å². The van der Waals surface area contributed by atoms with Gasteiger partial charge in [-0.2, -0.15) is 0 Å². The van der Waals surface area contributed by atoms with Crippen LogP contribution >= 0.6 is 0 Å². The second-order valence-electron chi connectivity index (χ2n) is 3.52. The van der Waals surface area contributed by atoms with Crippen molar-refractivity contribution in [2.24, 2.45) is 0 Å². The number of hydrogen-bond donors (Lipinski definition) is 2. The average Bonchev–Trinajstić information content (AvgIpc) is 2.27. The molecule has 2 nitrogen and oxygen atoms in total. The topological polar surface area (TPSA) is 40.5 Å². The monoisotopic (exact) mass is 208 g/mol. The molecule has 1 atom stereocenters. The van der Waals surface area contributed by atoms with Crippen molar-refractivity contribution in [2.45, 2.75) is 19.1 Å². The molecule has 1 unspecified atom stereocenters. The molecule has 0 aliphatic heterocycles. The van der Waals surface area contributed by atoms with Gasteiger partial charge in [0.05, 0.1) is 6.61 Å². The van der Waals surface area contributed by atoms with Gasteiger partial charge >= 0.3 is 0 Å². The maximum absolute atomic E-state index is 12.2. The van der Waals surface area contributed by atoms with Gasteiger partial charge in [0.25, 0.3) is 0 Å². The van der Waals surface area contributed by atoms with Crippen LogP contribution in [0.15, 0.2) is 24.3 Å². The maximum Gasteiger partial charge on any atom is 0.151 e. The van der Waals surface area contributed by atoms with Crippen molar-refractivity contribution in [3.63, 3.8) is 0 Å². The lowest BCUT2D eigenvalue weighted by atomic mass is 10.1. The van der Waals surface area contributed by atoms with E-state index in [1.165, 1.54) is 6.92 Å². The van der Waals surface area contributed by atoms with Crippen LogP contribution in [0, 0.1) is 11.8 Å². The van der Waals surface area contributed by atoms with Gasteiger partial charge in [0.2, 0.25) is 0 Å². The molecule has 0 spiro atoms. The molecule has 0 aliphatic carbocycles. The van der Waals surface area contributed by atoms with E-state index in [9.17, 15) is 9.50 Å². The summed E-state index contributed by atoms with van der Waals surface area (Å²) in [6, 6.07) is 6.94. The van der Waals surface area contributed by atoms with E-state index in [1.807, 2.05) is 0 Å². The van der Waals surface area contributed by atoms with Crippen LogP contribution in [0.3, 0.4) is 0 Å². The maximum atomic E-state index is 12.2. The molecule has 15 heavy (non-hydrogen) atoms. The molecule has 3 heteroatoms. The van der Waals surface area contributed by atoms with E-state index in [-0.39, 0.29) is 6.61 Å². The Bertz CT molecular complexity index is 388. The van der Waals surface area contributed by atoms with E-state index in [0.717, 1.165) is 5.56 Å². The van der Waals surface area contributed by atoms with Crippen LogP contribution in [-0.4, -0.2) is 22.5 Å². The van der Waals surface area contributed by atoms with Crippen LogP contribution in [0.25, 0.3) is 0 Å². The van der Waals surface area contributed by atoms with E-state index < -0.39 is 12.3 Å². The predicted octanol–water partition coefficient (Wildman–Crippen LogP) is 1.25. The molecular weight excluding hydrogens is 195 g/mol. The van der Waals surface area contributed by atoms with Crippen molar-refractivity contribution in [1.29, 1.82) is 0 Å². The first-order valence-corrected chi connectivity index (χ1v) is 4.59. The van der Waals surface area contributed by atoms with Crippen LogP contribution < -0.4 is 0 Å². The highest BCUT2D eigenvalue weighted by molar-refractivity contribution is 5.38. The van der Waals surface area contributed by atoms with Crippen LogP contribution in [0.5, 0.6) is 0 Å². The Labute approximate surface area is 88.4 Å². The molecule has 0 aromatic heterocycles. The van der Waals surface area contributed by atoms with Gasteiger partial charge in [-0.3, -0.25) is 0 Å².